The second-order valence-corrected chi connectivity index (χ2v) is 4.66. The quantitative estimate of drug-likeness (QED) is 0.764. The molecule has 0 aliphatic carbocycles. The molecule has 0 saturated heterocycles. The number of anilines is 1. The number of thioether (sulfide) groups is 1. The van der Waals surface area contributed by atoms with Gasteiger partial charge in [-0.2, -0.15) is 11.8 Å². The summed E-state index contributed by atoms with van der Waals surface area (Å²) in [5, 5.41) is 0. The lowest BCUT2D eigenvalue weighted by atomic mass is 10.2. The molecule has 0 saturated carbocycles. The van der Waals surface area contributed by atoms with Gasteiger partial charge in [-0.3, -0.25) is 0 Å². The molecule has 0 fully saturated rings. The fourth-order valence-electron chi connectivity index (χ4n) is 1.40. The Kier molecular flexibility index (Phi) is 4.32. The van der Waals surface area contributed by atoms with Crippen LogP contribution in [-0.2, 0) is 6.42 Å². The highest BCUT2D eigenvalue weighted by Gasteiger charge is 2.08. The standard InChI is InChI=1S/C10H19N3S/c1-8(2)13-7-12-9(10(13)11)5-4-6-14-3/h7-8H,4-6,11H2,1-3H3. The summed E-state index contributed by atoms with van der Waals surface area (Å²) in [4.78, 5) is 4.34. The van der Waals surface area contributed by atoms with E-state index in [-0.39, 0.29) is 0 Å². The van der Waals surface area contributed by atoms with Crippen LogP contribution in [0.5, 0.6) is 0 Å². The van der Waals surface area contributed by atoms with E-state index in [0.717, 1.165) is 24.4 Å². The van der Waals surface area contributed by atoms with Crippen LogP contribution in [0.3, 0.4) is 0 Å². The van der Waals surface area contributed by atoms with E-state index in [0.29, 0.717) is 6.04 Å². The SMILES string of the molecule is CSCCCc1ncn(C(C)C)c1N. The molecule has 0 amide bonds. The number of aromatic nitrogens is 2. The summed E-state index contributed by atoms with van der Waals surface area (Å²) < 4.78 is 2.02. The van der Waals surface area contributed by atoms with E-state index in [2.05, 4.69) is 25.1 Å². The van der Waals surface area contributed by atoms with Crippen LogP contribution in [0.2, 0.25) is 0 Å². The summed E-state index contributed by atoms with van der Waals surface area (Å²) in [6.07, 6.45) is 6.11. The Balaban J connectivity index is 2.60. The molecule has 0 atom stereocenters. The van der Waals surface area contributed by atoms with Crippen molar-refractivity contribution in [3.05, 3.63) is 12.0 Å². The van der Waals surface area contributed by atoms with E-state index in [1.165, 1.54) is 5.75 Å². The average Bonchev–Trinajstić information content (AvgIpc) is 2.48. The van der Waals surface area contributed by atoms with Crippen molar-refractivity contribution in [2.75, 3.05) is 17.7 Å². The van der Waals surface area contributed by atoms with Gasteiger partial charge in [0.2, 0.25) is 0 Å². The topological polar surface area (TPSA) is 43.8 Å². The number of nitrogens with two attached hydrogens (primary N) is 1. The molecule has 4 heteroatoms. The van der Waals surface area contributed by atoms with Gasteiger partial charge in [0.1, 0.15) is 5.82 Å². The van der Waals surface area contributed by atoms with Crippen molar-refractivity contribution in [2.24, 2.45) is 0 Å². The Labute approximate surface area is 90.1 Å². The molecule has 2 N–H and O–H groups in total. The fourth-order valence-corrected chi connectivity index (χ4v) is 1.83. The lowest BCUT2D eigenvalue weighted by molar-refractivity contribution is 0.607. The smallest absolute Gasteiger partial charge is 0.126 e. The van der Waals surface area contributed by atoms with Gasteiger partial charge in [0.15, 0.2) is 0 Å². The van der Waals surface area contributed by atoms with E-state index >= 15 is 0 Å². The summed E-state index contributed by atoms with van der Waals surface area (Å²) in [5.41, 5.74) is 7.03. The van der Waals surface area contributed by atoms with E-state index in [1.807, 2.05) is 22.7 Å². The summed E-state index contributed by atoms with van der Waals surface area (Å²) in [5.74, 6) is 2.01. The van der Waals surface area contributed by atoms with E-state index in [4.69, 9.17) is 5.73 Å². The molecule has 14 heavy (non-hydrogen) atoms. The minimum Gasteiger partial charge on any atom is -0.384 e. The van der Waals surface area contributed by atoms with Crippen molar-refractivity contribution in [2.45, 2.75) is 32.7 Å². The zero-order valence-corrected chi connectivity index (χ0v) is 9.97. The van der Waals surface area contributed by atoms with E-state index in [9.17, 15) is 0 Å². The number of hydrogen-bond donors (Lipinski definition) is 1. The van der Waals surface area contributed by atoms with Gasteiger partial charge in [-0.1, -0.05) is 0 Å². The molecule has 0 bridgehead atoms. The molecular weight excluding hydrogens is 194 g/mol. The second-order valence-electron chi connectivity index (χ2n) is 3.67. The molecule has 1 aromatic heterocycles. The van der Waals surface area contributed by atoms with Crippen LogP contribution in [0.4, 0.5) is 5.82 Å². The van der Waals surface area contributed by atoms with Crippen LogP contribution in [0.1, 0.15) is 32.0 Å². The van der Waals surface area contributed by atoms with Crippen LogP contribution >= 0.6 is 11.8 Å². The first kappa shape index (κ1) is 11.4. The summed E-state index contributed by atoms with van der Waals surface area (Å²) in [6.45, 7) is 4.23. The van der Waals surface area contributed by atoms with Crippen LogP contribution in [0.15, 0.2) is 6.33 Å². The van der Waals surface area contributed by atoms with Crippen molar-refractivity contribution in [3.8, 4) is 0 Å². The zero-order valence-electron chi connectivity index (χ0n) is 9.16. The molecule has 1 rings (SSSR count). The first-order valence-electron chi connectivity index (χ1n) is 4.97. The number of hydrogen-bond acceptors (Lipinski definition) is 3. The lowest BCUT2D eigenvalue weighted by Crippen LogP contribution is -2.05. The van der Waals surface area contributed by atoms with Crippen molar-refractivity contribution in [1.82, 2.24) is 9.55 Å². The highest BCUT2D eigenvalue weighted by Crippen LogP contribution is 2.17. The number of rotatable bonds is 5. The first-order chi connectivity index (χ1) is 6.66. The maximum absolute atomic E-state index is 5.98. The van der Waals surface area contributed by atoms with Gasteiger partial charge in [-0.25, -0.2) is 4.98 Å². The molecular formula is C10H19N3S. The van der Waals surface area contributed by atoms with Crippen molar-refractivity contribution in [1.29, 1.82) is 0 Å². The summed E-state index contributed by atoms with van der Waals surface area (Å²) in [6, 6.07) is 0.400. The van der Waals surface area contributed by atoms with Crippen molar-refractivity contribution in [3.63, 3.8) is 0 Å². The summed E-state index contributed by atoms with van der Waals surface area (Å²) in [7, 11) is 0. The van der Waals surface area contributed by atoms with Crippen LogP contribution in [0.25, 0.3) is 0 Å². The molecule has 0 unspecified atom stereocenters. The number of aryl methyl sites for hydroxylation is 1. The average molecular weight is 213 g/mol. The van der Waals surface area contributed by atoms with Gasteiger partial charge in [0, 0.05) is 6.04 Å². The molecule has 80 valence electrons. The zero-order chi connectivity index (χ0) is 10.6. The Bertz CT molecular complexity index is 281. The van der Waals surface area contributed by atoms with Crippen LogP contribution in [-0.4, -0.2) is 21.6 Å². The van der Waals surface area contributed by atoms with Gasteiger partial charge in [-0.15, -0.1) is 0 Å². The van der Waals surface area contributed by atoms with E-state index < -0.39 is 0 Å². The molecule has 1 aromatic rings. The molecule has 0 aliphatic heterocycles. The normalized spacial score (nSPS) is 11.1. The molecule has 1 heterocycles. The van der Waals surface area contributed by atoms with Crippen LogP contribution < -0.4 is 5.73 Å². The fraction of sp³-hybridized carbons (Fsp3) is 0.700. The minimum atomic E-state index is 0.400. The maximum Gasteiger partial charge on any atom is 0.126 e. The molecule has 3 nitrogen and oxygen atoms in total. The maximum atomic E-state index is 5.98. The number of nitrogens with zero attached hydrogens (tertiary/aromatic N) is 2. The Morgan fingerprint density at radius 3 is 2.79 bits per heavy atom. The number of nitrogen functional groups attached to an aromatic ring is 1. The lowest BCUT2D eigenvalue weighted by Gasteiger charge is -2.08. The molecule has 0 spiro atoms. The Morgan fingerprint density at radius 1 is 1.57 bits per heavy atom. The molecule has 0 radical (unpaired) electrons. The van der Waals surface area contributed by atoms with Gasteiger partial charge in [0.05, 0.1) is 12.0 Å². The highest BCUT2D eigenvalue weighted by molar-refractivity contribution is 7.98. The molecule has 0 aliphatic rings. The third kappa shape index (κ3) is 2.67. The predicted molar refractivity (Wildman–Crippen MR) is 63.7 cm³/mol. The van der Waals surface area contributed by atoms with Gasteiger partial charge < -0.3 is 10.3 Å². The van der Waals surface area contributed by atoms with Gasteiger partial charge in [0.25, 0.3) is 0 Å². The monoisotopic (exact) mass is 213 g/mol. The van der Waals surface area contributed by atoms with E-state index in [1.54, 1.807) is 0 Å². The number of imidazole rings is 1. The predicted octanol–water partition coefficient (Wildman–Crippen LogP) is 2.34. The van der Waals surface area contributed by atoms with Gasteiger partial charge in [-0.05, 0) is 38.7 Å². The molecule has 0 aromatic carbocycles. The first-order valence-corrected chi connectivity index (χ1v) is 6.36. The summed E-state index contributed by atoms with van der Waals surface area (Å²) >= 11 is 1.86. The van der Waals surface area contributed by atoms with Crippen molar-refractivity contribution >= 4 is 17.6 Å². The highest BCUT2D eigenvalue weighted by atomic mass is 32.2. The largest absolute Gasteiger partial charge is 0.384 e. The minimum absolute atomic E-state index is 0.400. The van der Waals surface area contributed by atoms with Crippen LogP contribution in [0, 0.1) is 0 Å². The Hall–Kier alpha value is -0.640. The second kappa shape index (κ2) is 5.29. The third-order valence-electron chi connectivity index (χ3n) is 2.23. The van der Waals surface area contributed by atoms with Crippen molar-refractivity contribution < 1.29 is 0 Å². The van der Waals surface area contributed by atoms with Gasteiger partial charge >= 0.3 is 0 Å². The third-order valence-corrected chi connectivity index (χ3v) is 2.93. The Morgan fingerprint density at radius 2 is 2.29 bits per heavy atom.